The number of carbonyl (C=O) groups excluding carboxylic acids is 1. The molecule has 7 heteroatoms. The third-order valence-corrected chi connectivity index (χ3v) is 3.56. The molecule has 0 bridgehead atoms. The summed E-state index contributed by atoms with van der Waals surface area (Å²) in [6.07, 6.45) is 1.75. The smallest absolute Gasteiger partial charge is 0.276 e. The van der Waals surface area contributed by atoms with Crippen LogP contribution >= 0.6 is 23.2 Å². The van der Waals surface area contributed by atoms with E-state index >= 15 is 0 Å². The first-order chi connectivity index (χ1) is 10.5. The highest BCUT2D eigenvalue weighted by Gasteiger charge is 2.12. The van der Waals surface area contributed by atoms with Crippen molar-refractivity contribution in [3.63, 3.8) is 0 Å². The van der Waals surface area contributed by atoms with Gasteiger partial charge in [0.25, 0.3) is 11.5 Å². The third kappa shape index (κ3) is 4.08. The Bertz CT molecular complexity index is 744. The number of hydrogen-bond donors (Lipinski definition) is 1. The number of amides is 1. The van der Waals surface area contributed by atoms with Crippen LogP contribution < -0.4 is 10.9 Å². The highest BCUT2D eigenvalue weighted by molar-refractivity contribution is 6.35. The zero-order valence-electron chi connectivity index (χ0n) is 12.0. The fraction of sp³-hybridized carbons (Fsp3) is 0.267. The second kappa shape index (κ2) is 7.42. The van der Waals surface area contributed by atoms with Gasteiger partial charge in [0, 0.05) is 17.6 Å². The lowest BCUT2D eigenvalue weighted by Gasteiger charge is -2.09. The van der Waals surface area contributed by atoms with E-state index < -0.39 is 5.91 Å². The summed E-state index contributed by atoms with van der Waals surface area (Å²) in [6, 6.07) is 7.49. The zero-order chi connectivity index (χ0) is 16.1. The van der Waals surface area contributed by atoms with Crippen LogP contribution in [-0.4, -0.2) is 15.7 Å². The lowest BCUT2D eigenvalue weighted by Crippen LogP contribution is -2.26. The van der Waals surface area contributed by atoms with E-state index in [1.807, 2.05) is 6.92 Å². The second-order valence-electron chi connectivity index (χ2n) is 4.71. The molecule has 0 aliphatic carbocycles. The minimum atomic E-state index is -0.450. The molecule has 2 aromatic rings. The largest absolute Gasteiger partial charge is 0.319 e. The molecule has 5 nitrogen and oxygen atoms in total. The maximum atomic E-state index is 12.2. The SMILES string of the molecule is CCCCn1nc(C(=O)Nc2cc(Cl)ccc2Cl)ccc1=O. The summed E-state index contributed by atoms with van der Waals surface area (Å²) in [7, 11) is 0. The summed E-state index contributed by atoms with van der Waals surface area (Å²) < 4.78 is 1.29. The summed E-state index contributed by atoms with van der Waals surface area (Å²) in [4.78, 5) is 23.9. The van der Waals surface area contributed by atoms with Gasteiger partial charge in [0.15, 0.2) is 0 Å². The highest BCUT2D eigenvalue weighted by Crippen LogP contribution is 2.25. The van der Waals surface area contributed by atoms with Gasteiger partial charge in [-0.2, -0.15) is 5.10 Å². The third-order valence-electron chi connectivity index (χ3n) is 3.00. The Labute approximate surface area is 137 Å². The van der Waals surface area contributed by atoms with Gasteiger partial charge in [-0.15, -0.1) is 0 Å². The van der Waals surface area contributed by atoms with E-state index in [0.717, 1.165) is 12.8 Å². The van der Waals surface area contributed by atoms with Crippen LogP contribution in [0.15, 0.2) is 35.1 Å². The number of aromatic nitrogens is 2. The topological polar surface area (TPSA) is 64.0 Å². The molecule has 0 atom stereocenters. The molecule has 1 aromatic heterocycles. The van der Waals surface area contributed by atoms with E-state index in [-0.39, 0.29) is 11.3 Å². The van der Waals surface area contributed by atoms with Gasteiger partial charge < -0.3 is 5.32 Å². The monoisotopic (exact) mass is 339 g/mol. The van der Waals surface area contributed by atoms with Crippen LogP contribution in [0.3, 0.4) is 0 Å². The van der Waals surface area contributed by atoms with Crippen LogP contribution in [0.2, 0.25) is 10.0 Å². The molecule has 1 amide bonds. The average molecular weight is 340 g/mol. The quantitative estimate of drug-likeness (QED) is 0.904. The molecule has 0 fully saturated rings. The highest BCUT2D eigenvalue weighted by atomic mass is 35.5. The summed E-state index contributed by atoms with van der Waals surface area (Å²) in [5.74, 6) is -0.450. The first kappa shape index (κ1) is 16.5. The van der Waals surface area contributed by atoms with E-state index in [0.29, 0.717) is 22.3 Å². The molecule has 0 saturated heterocycles. The van der Waals surface area contributed by atoms with Crippen molar-refractivity contribution in [1.29, 1.82) is 0 Å². The van der Waals surface area contributed by atoms with E-state index in [4.69, 9.17) is 23.2 Å². The molecule has 0 unspecified atom stereocenters. The van der Waals surface area contributed by atoms with Gasteiger partial charge in [-0.3, -0.25) is 9.59 Å². The van der Waals surface area contributed by atoms with Crippen LogP contribution in [0.4, 0.5) is 5.69 Å². The fourth-order valence-corrected chi connectivity index (χ4v) is 2.15. The molecule has 22 heavy (non-hydrogen) atoms. The summed E-state index contributed by atoms with van der Waals surface area (Å²) in [5.41, 5.74) is 0.310. The maximum Gasteiger partial charge on any atom is 0.276 e. The molecule has 1 N–H and O–H groups in total. The van der Waals surface area contributed by atoms with Crippen molar-refractivity contribution in [3.05, 3.63) is 56.4 Å². The predicted molar refractivity (Wildman–Crippen MR) is 87.8 cm³/mol. The Kier molecular flexibility index (Phi) is 5.57. The van der Waals surface area contributed by atoms with Crippen LogP contribution in [0.1, 0.15) is 30.3 Å². The van der Waals surface area contributed by atoms with Crippen LogP contribution in [-0.2, 0) is 6.54 Å². The number of benzene rings is 1. The minimum absolute atomic E-state index is 0.145. The Balaban J connectivity index is 2.22. The van der Waals surface area contributed by atoms with E-state index in [1.54, 1.807) is 18.2 Å². The van der Waals surface area contributed by atoms with E-state index in [9.17, 15) is 9.59 Å². The summed E-state index contributed by atoms with van der Waals surface area (Å²) >= 11 is 11.9. The van der Waals surface area contributed by atoms with Crippen LogP contribution in [0.5, 0.6) is 0 Å². The molecule has 0 spiro atoms. The number of hydrogen-bond acceptors (Lipinski definition) is 3. The molecule has 1 aromatic carbocycles. The van der Waals surface area contributed by atoms with Gasteiger partial charge in [-0.1, -0.05) is 36.5 Å². The van der Waals surface area contributed by atoms with Gasteiger partial charge in [0.2, 0.25) is 0 Å². The van der Waals surface area contributed by atoms with Gasteiger partial charge in [0.05, 0.1) is 10.7 Å². The Hall–Kier alpha value is -1.85. The zero-order valence-corrected chi connectivity index (χ0v) is 13.5. The summed E-state index contributed by atoms with van der Waals surface area (Å²) in [6.45, 7) is 2.50. The van der Waals surface area contributed by atoms with Gasteiger partial charge in [0.1, 0.15) is 5.69 Å². The molecular formula is C15H15Cl2N3O2. The maximum absolute atomic E-state index is 12.2. The molecule has 2 rings (SSSR count). The Morgan fingerprint density at radius 2 is 2.05 bits per heavy atom. The Morgan fingerprint density at radius 3 is 2.77 bits per heavy atom. The number of aryl methyl sites for hydroxylation is 1. The second-order valence-corrected chi connectivity index (χ2v) is 5.56. The van der Waals surface area contributed by atoms with Crippen LogP contribution in [0, 0.1) is 0 Å². The van der Waals surface area contributed by atoms with Crippen molar-refractivity contribution in [2.75, 3.05) is 5.32 Å². The molecule has 0 saturated carbocycles. The molecular weight excluding hydrogens is 325 g/mol. The number of rotatable bonds is 5. The Morgan fingerprint density at radius 1 is 1.27 bits per heavy atom. The number of halogens is 2. The average Bonchev–Trinajstić information content (AvgIpc) is 2.50. The lowest BCUT2D eigenvalue weighted by molar-refractivity contribution is 0.102. The van der Waals surface area contributed by atoms with Crippen molar-refractivity contribution in [3.8, 4) is 0 Å². The van der Waals surface area contributed by atoms with E-state index in [1.165, 1.54) is 16.8 Å². The van der Waals surface area contributed by atoms with Gasteiger partial charge >= 0.3 is 0 Å². The molecule has 0 aliphatic rings. The van der Waals surface area contributed by atoms with Crippen molar-refractivity contribution in [2.24, 2.45) is 0 Å². The van der Waals surface area contributed by atoms with Crippen LogP contribution in [0.25, 0.3) is 0 Å². The number of anilines is 1. The lowest BCUT2D eigenvalue weighted by atomic mass is 10.3. The van der Waals surface area contributed by atoms with Crippen molar-refractivity contribution >= 4 is 34.8 Å². The first-order valence-electron chi connectivity index (χ1n) is 6.86. The molecule has 0 aliphatic heterocycles. The number of unbranched alkanes of at least 4 members (excludes halogenated alkanes) is 1. The normalized spacial score (nSPS) is 10.5. The minimum Gasteiger partial charge on any atom is -0.319 e. The molecule has 116 valence electrons. The summed E-state index contributed by atoms with van der Waals surface area (Å²) in [5, 5.41) is 7.54. The predicted octanol–water partition coefficient (Wildman–Crippen LogP) is 3.60. The van der Waals surface area contributed by atoms with Crippen molar-refractivity contribution in [1.82, 2.24) is 9.78 Å². The first-order valence-corrected chi connectivity index (χ1v) is 7.61. The number of nitrogens with zero attached hydrogens (tertiary/aromatic N) is 2. The van der Waals surface area contributed by atoms with Gasteiger partial charge in [-0.05, 0) is 30.7 Å². The standard InChI is InChI=1S/C15H15Cl2N3O2/c1-2-3-8-20-14(21)7-6-12(19-20)15(22)18-13-9-10(16)4-5-11(13)17/h4-7,9H,2-3,8H2,1H3,(H,18,22). The van der Waals surface area contributed by atoms with Gasteiger partial charge in [-0.25, -0.2) is 4.68 Å². The van der Waals surface area contributed by atoms with E-state index in [2.05, 4.69) is 10.4 Å². The molecule has 1 heterocycles. The van der Waals surface area contributed by atoms with Crippen molar-refractivity contribution in [2.45, 2.75) is 26.3 Å². The van der Waals surface area contributed by atoms with Crippen molar-refractivity contribution < 1.29 is 4.79 Å². The number of carbonyl (C=O) groups is 1. The fourth-order valence-electron chi connectivity index (χ4n) is 1.82. The number of nitrogens with one attached hydrogen (secondary N) is 1. The molecule has 0 radical (unpaired) electrons.